The zero-order chi connectivity index (χ0) is 28.0. The largest absolute Gasteiger partial charge is 0.492 e. The van der Waals surface area contributed by atoms with Gasteiger partial charge in [-0.05, 0) is 48.7 Å². The molecule has 13 heteroatoms. The summed E-state index contributed by atoms with van der Waals surface area (Å²) in [5, 5.41) is 15.9. The number of hydrogen-bond acceptors (Lipinski definition) is 7. The minimum atomic E-state index is -4.08. The van der Waals surface area contributed by atoms with Crippen molar-refractivity contribution < 1.29 is 27.9 Å². The van der Waals surface area contributed by atoms with Crippen molar-refractivity contribution in [2.24, 2.45) is 0 Å². The highest BCUT2D eigenvalue weighted by Gasteiger charge is 2.40. The monoisotopic (exact) mass is 598 g/mol. The highest BCUT2D eigenvalue weighted by molar-refractivity contribution is 7.89. The SMILES string of the molecule is O=C(O)[C@H](Cc1ccc(OCCN2CCNCC2)cc1)NC(=O)[C@@H]1CCCN1S(=O)(=O)c1cc(Cl)cc(Cl)c1. The molecule has 2 aliphatic heterocycles. The normalized spacial score (nSPS) is 19.5. The topological polar surface area (TPSA) is 128 Å². The molecule has 0 radical (unpaired) electrons. The van der Waals surface area contributed by atoms with Gasteiger partial charge in [0.15, 0.2) is 0 Å². The molecule has 0 spiro atoms. The van der Waals surface area contributed by atoms with Gasteiger partial charge in [-0.15, -0.1) is 0 Å². The fraction of sp³-hybridized carbons (Fsp3) is 0.462. The number of carboxylic acid groups (broad SMARTS) is 1. The molecule has 2 aliphatic rings. The van der Waals surface area contributed by atoms with Gasteiger partial charge in [0.25, 0.3) is 0 Å². The van der Waals surface area contributed by atoms with E-state index < -0.39 is 34.0 Å². The molecule has 2 heterocycles. The highest BCUT2D eigenvalue weighted by atomic mass is 35.5. The Morgan fingerprint density at radius 1 is 1.08 bits per heavy atom. The minimum Gasteiger partial charge on any atom is -0.492 e. The average molecular weight is 600 g/mol. The number of halogens is 2. The summed E-state index contributed by atoms with van der Waals surface area (Å²) in [5.74, 6) is -1.20. The molecule has 0 unspecified atom stereocenters. The summed E-state index contributed by atoms with van der Waals surface area (Å²) in [4.78, 5) is 27.3. The van der Waals surface area contributed by atoms with E-state index in [9.17, 15) is 23.1 Å². The van der Waals surface area contributed by atoms with E-state index in [-0.39, 0.29) is 34.3 Å². The third kappa shape index (κ3) is 7.84. The molecule has 212 valence electrons. The molecule has 0 aliphatic carbocycles. The van der Waals surface area contributed by atoms with Gasteiger partial charge in [0.2, 0.25) is 15.9 Å². The first-order valence-electron chi connectivity index (χ1n) is 12.8. The van der Waals surface area contributed by atoms with E-state index in [4.69, 9.17) is 27.9 Å². The highest BCUT2D eigenvalue weighted by Crippen LogP contribution is 2.30. The Kier molecular flexibility index (Phi) is 10.1. The molecule has 1 amide bonds. The molecular formula is C26H32Cl2N4O6S. The van der Waals surface area contributed by atoms with Gasteiger partial charge >= 0.3 is 5.97 Å². The molecule has 4 rings (SSSR count). The number of amides is 1. The van der Waals surface area contributed by atoms with Crippen LogP contribution in [0, 0.1) is 0 Å². The molecule has 10 nitrogen and oxygen atoms in total. The molecule has 0 saturated carbocycles. The molecule has 0 bridgehead atoms. The number of benzene rings is 2. The third-order valence-electron chi connectivity index (χ3n) is 6.81. The second-order valence-electron chi connectivity index (χ2n) is 9.57. The van der Waals surface area contributed by atoms with Crippen molar-refractivity contribution in [1.82, 2.24) is 19.8 Å². The summed E-state index contributed by atoms with van der Waals surface area (Å²) in [5.41, 5.74) is 0.696. The summed E-state index contributed by atoms with van der Waals surface area (Å²) >= 11 is 12.0. The molecule has 2 saturated heterocycles. The molecule has 39 heavy (non-hydrogen) atoms. The number of ether oxygens (including phenoxy) is 1. The van der Waals surface area contributed by atoms with Crippen LogP contribution in [0.3, 0.4) is 0 Å². The van der Waals surface area contributed by atoms with Gasteiger partial charge in [0.1, 0.15) is 24.4 Å². The standard InChI is InChI=1S/C26H32Cl2N4O6S/c27-19-15-20(28)17-22(16-19)39(36,37)32-9-1-2-24(32)25(33)30-23(26(34)35)14-18-3-5-21(6-4-18)38-13-12-31-10-7-29-8-11-31/h3-6,15-17,23-24,29H,1-2,7-14H2,(H,30,33)(H,34,35)/t23-,24-/m0/s1. The first-order valence-corrected chi connectivity index (χ1v) is 15.0. The van der Waals surface area contributed by atoms with E-state index in [1.807, 2.05) is 0 Å². The Hall–Kier alpha value is -2.41. The first-order chi connectivity index (χ1) is 18.6. The van der Waals surface area contributed by atoms with Crippen LogP contribution in [-0.4, -0.2) is 92.6 Å². The van der Waals surface area contributed by atoms with Crippen LogP contribution < -0.4 is 15.4 Å². The molecule has 2 atom stereocenters. The maximum absolute atomic E-state index is 13.3. The van der Waals surface area contributed by atoms with Gasteiger partial charge in [-0.25, -0.2) is 13.2 Å². The Balaban J connectivity index is 1.36. The van der Waals surface area contributed by atoms with Gasteiger partial charge in [0, 0.05) is 55.7 Å². The van der Waals surface area contributed by atoms with Crippen molar-refractivity contribution in [2.45, 2.75) is 36.2 Å². The second-order valence-corrected chi connectivity index (χ2v) is 12.3. The van der Waals surface area contributed by atoms with Crippen LogP contribution in [0.2, 0.25) is 10.0 Å². The fourth-order valence-electron chi connectivity index (χ4n) is 4.76. The fourth-order valence-corrected chi connectivity index (χ4v) is 7.14. The molecule has 0 aromatic heterocycles. The number of carbonyl (C=O) groups excluding carboxylic acids is 1. The molecule has 3 N–H and O–H groups in total. The van der Waals surface area contributed by atoms with E-state index in [0.29, 0.717) is 24.3 Å². The zero-order valence-corrected chi connectivity index (χ0v) is 23.6. The van der Waals surface area contributed by atoms with Gasteiger partial charge in [-0.2, -0.15) is 4.31 Å². The number of nitrogens with zero attached hydrogens (tertiary/aromatic N) is 2. The number of nitrogens with one attached hydrogen (secondary N) is 2. The average Bonchev–Trinajstić information content (AvgIpc) is 3.41. The van der Waals surface area contributed by atoms with Crippen LogP contribution in [0.25, 0.3) is 0 Å². The van der Waals surface area contributed by atoms with Gasteiger partial charge in [-0.1, -0.05) is 35.3 Å². The molecule has 2 aromatic rings. The lowest BCUT2D eigenvalue weighted by atomic mass is 10.1. The number of carboxylic acids is 1. The number of carbonyl (C=O) groups is 2. The van der Waals surface area contributed by atoms with Crippen LogP contribution in [0.1, 0.15) is 18.4 Å². The maximum atomic E-state index is 13.3. The van der Waals surface area contributed by atoms with Crippen molar-refractivity contribution in [1.29, 1.82) is 0 Å². The van der Waals surface area contributed by atoms with Crippen LogP contribution in [0.15, 0.2) is 47.4 Å². The zero-order valence-electron chi connectivity index (χ0n) is 21.3. The lowest BCUT2D eigenvalue weighted by Crippen LogP contribution is -2.51. The van der Waals surface area contributed by atoms with Crippen molar-refractivity contribution >= 4 is 45.1 Å². The van der Waals surface area contributed by atoms with Crippen molar-refractivity contribution in [3.63, 3.8) is 0 Å². The van der Waals surface area contributed by atoms with Crippen molar-refractivity contribution in [3.05, 3.63) is 58.1 Å². The van der Waals surface area contributed by atoms with Crippen LogP contribution in [0.5, 0.6) is 5.75 Å². The summed E-state index contributed by atoms with van der Waals surface area (Å²) in [6.45, 7) is 5.43. The number of sulfonamides is 1. The number of rotatable bonds is 11. The van der Waals surface area contributed by atoms with Crippen LogP contribution >= 0.6 is 23.2 Å². The van der Waals surface area contributed by atoms with Gasteiger partial charge in [0.05, 0.1) is 4.90 Å². The van der Waals surface area contributed by atoms with Crippen LogP contribution in [0.4, 0.5) is 0 Å². The quantitative estimate of drug-likeness (QED) is 0.359. The Morgan fingerprint density at radius 3 is 2.38 bits per heavy atom. The van der Waals surface area contributed by atoms with E-state index in [0.717, 1.165) is 37.0 Å². The smallest absolute Gasteiger partial charge is 0.326 e. The lowest BCUT2D eigenvalue weighted by Gasteiger charge is -2.26. The predicted octanol–water partition coefficient (Wildman–Crippen LogP) is 2.24. The van der Waals surface area contributed by atoms with E-state index >= 15 is 0 Å². The van der Waals surface area contributed by atoms with E-state index in [1.54, 1.807) is 24.3 Å². The summed E-state index contributed by atoms with van der Waals surface area (Å²) in [6, 6.07) is 8.76. The lowest BCUT2D eigenvalue weighted by molar-refractivity contribution is -0.142. The van der Waals surface area contributed by atoms with Crippen molar-refractivity contribution in [2.75, 3.05) is 45.9 Å². The minimum absolute atomic E-state index is 0.0332. The molecule has 2 fully saturated rings. The van der Waals surface area contributed by atoms with E-state index in [1.165, 1.54) is 18.2 Å². The van der Waals surface area contributed by atoms with Crippen molar-refractivity contribution in [3.8, 4) is 5.75 Å². The molecule has 2 aromatic carbocycles. The second kappa shape index (κ2) is 13.3. The third-order valence-corrected chi connectivity index (χ3v) is 9.13. The predicted molar refractivity (Wildman–Crippen MR) is 148 cm³/mol. The van der Waals surface area contributed by atoms with Gasteiger partial charge in [-0.3, -0.25) is 9.69 Å². The Morgan fingerprint density at radius 2 is 1.74 bits per heavy atom. The Bertz CT molecular complexity index is 1250. The van der Waals surface area contributed by atoms with Gasteiger partial charge < -0.3 is 20.5 Å². The summed E-state index contributed by atoms with van der Waals surface area (Å²) in [7, 11) is -4.08. The maximum Gasteiger partial charge on any atom is 0.326 e. The number of piperazine rings is 1. The number of hydrogen-bond donors (Lipinski definition) is 3. The summed E-state index contributed by atoms with van der Waals surface area (Å²) in [6.07, 6.45) is 0.761. The summed E-state index contributed by atoms with van der Waals surface area (Å²) < 4.78 is 33.4. The first kappa shape index (κ1) is 29.6. The number of aliphatic carboxylic acids is 1. The van der Waals surface area contributed by atoms with E-state index in [2.05, 4.69) is 15.5 Å². The Labute approximate surface area is 238 Å². The van der Waals surface area contributed by atoms with Crippen LogP contribution in [-0.2, 0) is 26.0 Å². The molecular weight excluding hydrogens is 567 g/mol.